The second-order valence-electron chi connectivity index (χ2n) is 7.98. The summed E-state index contributed by atoms with van der Waals surface area (Å²) in [5, 5.41) is 3.07. The predicted octanol–water partition coefficient (Wildman–Crippen LogP) is 3.09. The smallest absolute Gasteiger partial charge is 0.230 e. The molecular formula is C21H29FN2O2. The first-order valence-corrected chi connectivity index (χ1v) is 9.80. The van der Waals surface area contributed by atoms with Gasteiger partial charge >= 0.3 is 0 Å². The summed E-state index contributed by atoms with van der Waals surface area (Å²) in [6.07, 6.45) is 8.35. The van der Waals surface area contributed by atoms with E-state index in [0.717, 1.165) is 63.2 Å². The summed E-state index contributed by atoms with van der Waals surface area (Å²) in [6.45, 7) is 0.457. The summed E-state index contributed by atoms with van der Waals surface area (Å²) < 4.78 is 13.3. The molecule has 0 aliphatic heterocycles. The number of carbonyl (C=O) groups is 2. The molecule has 1 aromatic carbocycles. The van der Waals surface area contributed by atoms with Crippen LogP contribution >= 0.6 is 0 Å². The van der Waals surface area contributed by atoms with Crippen LogP contribution in [0.1, 0.15) is 56.9 Å². The number of halogens is 1. The number of nitrogens with two attached hydrogens (primary N) is 1. The van der Waals surface area contributed by atoms with E-state index >= 15 is 0 Å². The number of amides is 1. The number of benzene rings is 1. The highest BCUT2D eigenvalue weighted by molar-refractivity contribution is 5.88. The second-order valence-corrected chi connectivity index (χ2v) is 7.98. The zero-order chi connectivity index (χ0) is 18.6. The summed E-state index contributed by atoms with van der Waals surface area (Å²) in [4.78, 5) is 23.9. The largest absolute Gasteiger partial charge is 0.354 e. The van der Waals surface area contributed by atoms with Crippen molar-refractivity contribution in [3.63, 3.8) is 0 Å². The molecule has 142 valence electrons. The molecule has 2 saturated carbocycles. The van der Waals surface area contributed by atoms with Crippen LogP contribution in [0.15, 0.2) is 24.3 Å². The van der Waals surface area contributed by atoms with E-state index in [2.05, 4.69) is 5.32 Å². The Labute approximate surface area is 154 Å². The Morgan fingerprint density at radius 1 is 1.19 bits per heavy atom. The highest BCUT2D eigenvalue weighted by Crippen LogP contribution is 2.41. The van der Waals surface area contributed by atoms with Gasteiger partial charge in [-0.05, 0) is 62.1 Å². The van der Waals surface area contributed by atoms with Crippen molar-refractivity contribution >= 4 is 12.2 Å². The average molecular weight is 360 g/mol. The van der Waals surface area contributed by atoms with E-state index in [4.69, 9.17) is 5.73 Å². The van der Waals surface area contributed by atoms with Gasteiger partial charge in [0.1, 0.15) is 12.1 Å². The molecule has 0 spiro atoms. The number of aldehydes is 1. The lowest BCUT2D eigenvalue weighted by molar-refractivity contribution is -0.126. The SMILES string of the molecule is NC(CNC(=O)C1(c2ccc(F)cc2)CCCC1)C1CCC(C=O)CC1. The number of carbonyl (C=O) groups excluding carboxylic acids is 2. The third kappa shape index (κ3) is 3.98. The van der Waals surface area contributed by atoms with Gasteiger partial charge in [0.25, 0.3) is 0 Å². The molecule has 1 amide bonds. The molecule has 2 fully saturated rings. The topological polar surface area (TPSA) is 72.2 Å². The zero-order valence-corrected chi connectivity index (χ0v) is 15.3. The fourth-order valence-electron chi connectivity index (χ4n) is 4.65. The maximum atomic E-state index is 13.3. The normalized spacial score (nSPS) is 26.2. The third-order valence-electron chi connectivity index (χ3n) is 6.40. The van der Waals surface area contributed by atoms with Crippen LogP contribution in [-0.4, -0.2) is 24.8 Å². The van der Waals surface area contributed by atoms with Crippen LogP contribution in [0, 0.1) is 17.7 Å². The van der Waals surface area contributed by atoms with Crippen molar-refractivity contribution in [1.29, 1.82) is 0 Å². The Hall–Kier alpha value is -1.75. The molecule has 0 aromatic heterocycles. The Morgan fingerprint density at radius 3 is 2.38 bits per heavy atom. The van der Waals surface area contributed by atoms with Gasteiger partial charge in [0.2, 0.25) is 5.91 Å². The first kappa shape index (κ1) is 19.0. The van der Waals surface area contributed by atoms with E-state index < -0.39 is 5.41 Å². The fraction of sp³-hybridized carbons (Fsp3) is 0.619. The Bertz CT molecular complexity index is 617. The maximum absolute atomic E-state index is 13.3. The molecule has 2 aliphatic rings. The van der Waals surface area contributed by atoms with Gasteiger partial charge in [0.05, 0.1) is 5.41 Å². The van der Waals surface area contributed by atoms with Gasteiger partial charge in [-0.15, -0.1) is 0 Å². The summed E-state index contributed by atoms with van der Waals surface area (Å²) in [5.41, 5.74) is 6.68. The minimum atomic E-state index is -0.553. The van der Waals surface area contributed by atoms with Crippen molar-refractivity contribution < 1.29 is 14.0 Å². The van der Waals surface area contributed by atoms with Crippen molar-refractivity contribution in [3.05, 3.63) is 35.6 Å². The van der Waals surface area contributed by atoms with Crippen LogP contribution in [0.25, 0.3) is 0 Å². The van der Waals surface area contributed by atoms with Crippen molar-refractivity contribution in [3.8, 4) is 0 Å². The first-order chi connectivity index (χ1) is 12.5. The van der Waals surface area contributed by atoms with E-state index in [1.165, 1.54) is 12.1 Å². The van der Waals surface area contributed by atoms with Crippen molar-refractivity contribution in [2.75, 3.05) is 6.54 Å². The van der Waals surface area contributed by atoms with Gasteiger partial charge in [0, 0.05) is 18.5 Å². The molecule has 0 saturated heterocycles. The summed E-state index contributed by atoms with van der Waals surface area (Å²) in [6, 6.07) is 6.25. The van der Waals surface area contributed by atoms with Gasteiger partial charge < -0.3 is 15.8 Å². The summed E-state index contributed by atoms with van der Waals surface area (Å²) in [7, 11) is 0. The standard InChI is InChI=1S/C21H29FN2O2/c22-18-9-7-17(8-10-18)21(11-1-2-12-21)20(26)24-13-19(23)16-5-3-15(14-25)4-6-16/h7-10,14-16,19H,1-6,11-13,23H2,(H,24,26). The molecule has 5 heteroatoms. The van der Waals surface area contributed by atoms with E-state index in [0.29, 0.717) is 12.5 Å². The molecule has 1 atom stereocenters. The minimum absolute atomic E-state index is 0.0126. The number of hydrogen-bond acceptors (Lipinski definition) is 3. The van der Waals surface area contributed by atoms with Crippen LogP contribution < -0.4 is 11.1 Å². The molecule has 3 rings (SSSR count). The molecule has 3 N–H and O–H groups in total. The van der Waals surface area contributed by atoms with E-state index in [1.54, 1.807) is 12.1 Å². The number of rotatable bonds is 6. The maximum Gasteiger partial charge on any atom is 0.230 e. The molecule has 2 aliphatic carbocycles. The molecule has 1 unspecified atom stereocenters. The average Bonchev–Trinajstić information content (AvgIpc) is 3.17. The molecule has 0 bridgehead atoms. The summed E-state index contributed by atoms with van der Waals surface area (Å²) >= 11 is 0. The van der Waals surface area contributed by atoms with Crippen molar-refractivity contribution in [2.24, 2.45) is 17.6 Å². The molecular weight excluding hydrogens is 331 g/mol. The molecule has 0 heterocycles. The third-order valence-corrected chi connectivity index (χ3v) is 6.40. The van der Waals surface area contributed by atoms with Crippen LogP contribution in [0.5, 0.6) is 0 Å². The molecule has 4 nitrogen and oxygen atoms in total. The quantitative estimate of drug-likeness (QED) is 0.766. The Morgan fingerprint density at radius 2 is 1.81 bits per heavy atom. The fourth-order valence-corrected chi connectivity index (χ4v) is 4.65. The lowest BCUT2D eigenvalue weighted by Crippen LogP contribution is -2.49. The van der Waals surface area contributed by atoms with Gasteiger partial charge in [-0.3, -0.25) is 4.79 Å². The van der Waals surface area contributed by atoms with E-state index in [-0.39, 0.29) is 23.7 Å². The predicted molar refractivity (Wildman–Crippen MR) is 99.0 cm³/mol. The molecule has 1 aromatic rings. The van der Waals surface area contributed by atoms with E-state index in [1.807, 2.05) is 0 Å². The molecule has 0 radical (unpaired) electrons. The van der Waals surface area contributed by atoms with E-state index in [9.17, 15) is 14.0 Å². The number of hydrogen-bond donors (Lipinski definition) is 2. The number of nitrogens with one attached hydrogen (secondary N) is 1. The van der Waals surface area contributed by atoms with Gasteiger partial charge in [-0.1, -0.05) is 25.0 Å². The van der Waals surface area contributed by atoms with Crippen LogP contribution in [0.3, 0.4) is 0 Å². The van der Waals surface area contributed by atoms with Gasteiger partial charge in [-0.2, -0.15) is 0 Å². The first-order valence-electron chi connectivity index (χ1n) is 9.80. The van der Waals surface area contributed by atoms with Crippen molar-refractivity contribution in [1.82, 2.24) is 5.32 Å². The highest BCUT2D eigenvalue weighted by Gasteiger charge is 2.42. The lowest BCUT2D eigenvalue weighted by Gasteiger charge is -2.32. The summed E-state index contributed by atoms with van der Waals surface area (Å²) in [5.74, 6) is 0.263. The van der Waals surface area contributed by atoms with Crippen molar-refractivity contribution in [2.45, 2.75) is 62.8 Å². The van der Waals surface area contributed by atoms with Gasteiger partial charge in [-0.25, -0.2) is 4.39 Å². The monoisotopic (exact) mass is 360 g/mol. The minimum Gasteiger partial charge on any atom is -0.354 e. The zero-order valence-electron chi connectivity index (χ0n) is 15.3. The Balaban J connectivity index is 1.60. The van der Waals surface area contributed by atoms with Gasteiger partial charge in [0.15, 0.2) is 0 Å². The Kier molecular flexibility index (Phi) is 6.07. The van der Waals surface area contributed by atoms with Crippen LogP contribution in [0.4, 0.5) is 4.39 Å². The lowest BCUT2D eigenvalue weighted by atomic mass is 9.77. The highest BCUT2D eigenvalue weighted by atomic mass is 19.1. The van der Waals surface area contributed by atoms with Crippen LogP contribution in [-0.2, 0) is 15.0 Å². The second kappa shape index (κ2) is 8.30. The molecule has 26 heavy (non-hydrogen) atoms. The van der Waals surface area contributed by atoms with Crippen LogP contribution in [0.2, 0.25) is 0 Å².